The highest BCUT2D eigenvalue weighted by molar-refractivity contribution is 5.84. The molecule has 1 atom stereocenters. The Bertz CT molecular complexity index is 826. The van der Waals surface area contributed by atoms with Gasteiger partial charge in [0.25, 0.3) is 0 Å². The van der Waals surface area contributed by atoms with E-state index in [1.54, 1.807) is 0 Å². The maximum Gasteiger partial charge on any atom is 0.326 e. The van der Waals surface area contributed by atoms with Gasteiger partial charge in [-0.1, -0.05) is 103 Å². The zero-order chi connectivity index (χ0) is 34.8. The monoisotopic (exact) mass is 671 g/mol. The number of carboxylic acids is 2. The molecule has 12 heteroatoms. The number of carbonyl (C=O) groups excluding carboxylic acids is 3. The highest BCUT2D eigenvalue weighted by Gasteiger charge is 2.20. The third-order valence-corrected chi connectivity index (χ3v) is 7.86. The van der Waals surface area contributed by atoms with Gasteiger partial charge in [0, 0.05) is 32.4 Å². The van der Waals surface area contributed by atoms with Crippen molar-refractivity contribution in [1.29, 1.82) is 0 Å². The summed E-state index contributed by atoms with van der Waals surface area (Å²) < 4.78 is 10.6. The second kappa shape index (κ2) is 33.2. The molecule has 5 N–H and O–H groups in total. The Morgan fingerprint density at radius 1 is 0.532 bits per heavy atom. The molecule has 0 bridgehead atoms. The molecule has 0 fully saturated rings. The van der Waals surface area contributed by atoms with E-state index in [0.29, 0.717) is 13.0 Å². The van der Waals surface area contributed by atoms with E-state index in [0.717, 1.165) is 57.8 Å². The summed E-state index contributed by atoms with van der Waals surface area (Å²) in [5.74, 6) is -2.62. The molecule has 12 nitrogen and oxygen atoms in total. The van der Waals surface area contributed by atoms with Gasteiger partial charge in [-0.25, -0.2) is 4.79 Å². The second-order valence-electron chi connectivity index (χ2n) is 12.3. The number of carboxylic acid groups (broad SMARTS) is 2. The number of aliphatic carboxylic acids is 2. The Kier molecular flexibility index (Phi) is 31.3. The Balaban J connectivity index is 3.64. The van der Waals surface area contributed by atoms with Crippen molar-refractivity contribution < 1.29 is 43.7 Å². The van der Waals surface area contributed by atoms with Crippen LogP contribution in [-0.4, -0.2) is 85.4 Å². The number of amides is 3. The summed E-state index contributed by atoms with van der Waals surface area (Å²) in [6.07, 6.45) is 20.6. The maximum absolute atomic E-state index is 12.3. The average Bonchev–Trinajstić information content (AvgIpc) is 3.03. The van der Waals surface area contributed by atoms with E-state index in [2.05, 4.69) is 16.0 Å². The Morgan fingerprint density at radius 2 is 1.02 bits per heavy atom. The fraction of sp³-hybridized carbons (Fsp3) is 0.857. The predicted molar refractivity (Wildman–Crippen MR) is 182 cm³/mol. The molecule has 0 saturated heterocycles. The summed E-state index contributed by atoms with van der Waals surface area (Å²) in [6.45, 7) is 3.75. The van der Waals surface area contributed by atoms with Crippen LogP contribution in [0.3, 0.4) is 0 Å². The number of carbonyl (C=O) groups is 5. The minimum absolute atomic E-state index is 0.0120. The number of nitrogens with one attached hydrogen (secondary N) is 3. The molecule has 47 heavy (non-hydrogen) atoms. The second-order valence-corrected chi connectivity index (χ2v) is 12.3. The molecule has 0 heterocycles. The summed E-state index contributed by atoms with van der Waals surface area (Å²) in [7, 11) is 0. The van der Waals surface area contributed by atoms with Crippen LogP contribution in [0.2, 0.25) is 0 Å². The number of unbranched alkanes of at least 4 members (excludes halogenated alkanes) is 16. The van der Waals surface area contributed by atoms with Crippen LogP contribution in [0.4, 0.5) is 0 Å². The quantitative estimate of drug-likeness (QED) is 0.0543. The molecule has 274 valence electrons. The molecular formula is C35H65N3O9. The molecule has 0 aromatic rings. The molecule has 0 radical (unpaired) electrons. The third-order valence-electron chi connectivity index (χ3n) is 7.86. The van der Waals surface area contributed by atoms with E-state index in [9.17, 15) is 29.1 Å². The van der Waals surface area contributed by atoms with Gasteiger partial charge in [-0.15, -0.1) is 0 Å². The summed E-state index contributed by atoms with van der Waals surface area (Å²) in [5, 5.41) is 26.1. The predicted octanol–water partition coefficient (Wildman–Crippen LogP) is 5.51. The lowest BCUT2D eigenvalue weighted by Crippen LogP contribution is -2.41. The first-order chi connectivity index (χ1) is 22.8. The SMILES string of the molecule is CCCCNC(=O)COCCOCCNC(=O)CC[C@H](NC(=O)CCCCCCCCCCCCCCCCCCC(=O)O)C(=O)O. The van der Waals surface area contributed by atoms with Crippen molar-refractivity contribution in [3.8, 4) is 0 Å². The number of hydrogen-bond donors (Lipinski definition) is 5. The zero-order valence-electron chi connectivity index (χ0n) is 29.1. The number of rotatable bonds is 35. The van der Waals surface area contributed by atoms with Crippen LogP contribution in [-0.2, 0) is 33.4 Å². The van der Waals surface area contributed by atoms with Gasteiger partial charge in [-0.2, -0.15) is 0 Å². The van der Waals surface area contributed by atoms with E-state index < -0.39 is 18.0 Å². The van der Waals surface area contributed by atoms with Crippen molar-refractivity contribution >= 4 is 29.7 Å². The molecule has 0 spiro atoms. The van der Waals surface area contributed by atoms with Gasteiger partial charge in [0.2, 0.25) is 17.7 Å². The van der Waals surface area contributed by atoms with E-state index in [1.807, 2.05) is 6.92 Å². The molecule has 0 saturated carbocycles. The van der Waals surface area contributed by atoms with Crippen molar-refractivity contribution in [2.75, 3.05) is 39.5 Å². The Labute approximate surface area is 282 Å². The van der Waals surface area contributed by atoms with Gasteiger partial charge in [-0.3, -0.25) is 19.2 Å². The standard InChI is InChI=1S/C35H65N3O9/c1-2-3-24-36-33(41)29-47-28-27-46-26-25-37-31(39)23-22-30(35(44)45)38-32(40)20-18-16-14-12-10-8-6-4-5-7-9-11-13-15-17-19-21-34(42)43/h30H,2-29H2,1H3,(H,36,41)(H,37,39)(H,38,40)(H,42,43)(H,44,45)/t30-/m0/s1. The topological polar surface area (TPSA) is 180 Å². The van der Waals surface area contributed by atoms with Gasteiger partial charge in [0.05, 0.1) is 19.8 Å². The normalized spacial score (nSPS) is 11.6. The van der Waals surface area contributed by atoms with Gasteiger partial charge in [-0.05, 0) is 25.7 Å². The average molecular weight is 672 g/mol. The molecule has 0 aliphatic heterocycles. The fourth-order valence-electron chi connectivity index (χ4n) is 5.03. The van der Waals surface area contributed by atoms with E-state index in [1.165, 1.54) is 57.8 Å². The van der Waals surface area contributed by atoms with Crippen LogP contribution in [0.5, 0.6) is 0 Å². The molecule has 0 aromatic carbocycles. The van der Waals surface area contributed by atoms with Crippen molar-refractivity contribution in [3.05, 3.63) is 0 Å². The fourth-order valence-corrected chi connectivity index (χ4v) is 5.03. The van der Waals surface area contributed by atoms with Crippen molar-refractivity contribution in [2.24, 2.45) is 0 Å². The lowest BCUT2D eigenvalue weighted by atomic mass is 10.0. The molecule has 0 aromatic heterocycles. The van der Waals surface area contributed by atoms with Crippen LogP contribution in [0.25, 0.3) is 0 Å². The minimum Gasteiger partial charge on any atom is -0.481 e. The van der Waals surface area contributed by atoms with Gasteiger partial charge >= 0.3 is 11.9 Å². The van der Waals surface area contributed by atoms with Gasteiger partial charge < -0.3 is 35.6 Å². The summed E-state index contributed by atoms with van der Waals surface area (Å²) in [5.41, 5.74) is 0. The molecule has 0 unspecified atom stereocenters. The maximum atomic E-state index is 12.3. The van der Waals surface area contributed by atoms with Gasteiger partial charge in [0.15, 0.2) is 0 Å². The van der Waals surface area contributed by atoms with Crippen LogP contribution in [0.15, 0.2) is 0 Å². The molecule has 0 aliphatic rings. The van der Waals surface area contributed by atoms with E-state index in [-0.39, 0.29) is 70.0 Å². The number of hydrogen-bond acceptors (Lipinski definition) is 7. The Hall–Kier alpha value is -2.73. The van der Waals surface area contributed by atoms with E-state index >= 15 is 0 Å². The number of ether oxygens (including phenoxy) is 2. The molecule has 0 rings (SSSR count). The van der Waals surface area contributed by atoms with Crippen molar-refractivity contribution in [1.82, 2.24) is 16.0 Å². The van der Waals surface area contributed by atoms with E-state index in [4.69, 9.17) is 14.6 Å². The van der Waals surface area contributed by atoms with Crippen molar-refractivity contribution in [2.45, 2.75) is 154 Å². The van der Waals surface area contributed by atoms with Crippen LogP contribution in [0, 0.1) is 0 Å². The first kappa shape index (κ1) is 44.3. The first-order valence-corrected chi connectivity index (χ1v) is 18.2. The molecule has 0 aliphatic carbocycles. The van der Waals surface area contributed by atoms with Crippen molar-refractivity contribution in [3.63, 3.8) is 0 Å². The zero-order valence-corrected chi connectivity index (χ0v) is 29.1. The summed E-state index contributed by atoms with van der Waals surface area (Å²) in [6, 6.07) is -1.10. The van der Waals surface area contributed by atoms with Crippen LogP contribution >= 0.6 is 0 Å². The minimum atomic E-state index is -1.15. The lowest BCUT2D eigenvalue weighted by Gasteiger charge is -2.14. The smallest absolute Gasteiger partial charge is 0.326 e. The summed E-state index contributed by atoms with van der Waals surface area (Å²) in [4.78, 5) is 57.9. The highest BCUT2D eigenvalue weighted by Crippen LogP contribution is 2.14. The first-order valence-electron chi connectivity index (χ1n) is 18.2. The third kappa shape index (κ3) is 33.0. The summed E-state index contributed by atoms with van der Waals surface area (Å²) >= 11 is 0. The highest BCUT2D eigenvalue weighted by atomic mass is 16.5. The molecular weight excluding hydrogens is 606 g/mol. The molecule has 3 amide bonds. The largest absolute Gasteiger partial charge is 0.481 e. The Morgan fingerprint density at radius 3 is 1.53 bits per heavy atom. The van der Waals surface area contributed by atoms with Gasteiger partial charge in [0.1, 0.15) is 12.6 Å². The van der Waals surface area contributed by atoms with Crippen LogP contribution in [0.1, 0.15) is 148 Å². The van der Waals surface area contributed by atoms with Crippen LogP contribution < -0.4 is 16.0 Å². The lowest BCUT2D eigenvalue weighted by molar-refractivity contribution is -0.142.